The average molecular weight is 463 g/mol. The van der Waals surface area contributed by atoms with Gasteiger partial charge < -0.3 is 15.4 Å². The van der Waals surface area contributed by atoms with Gasteiger partial charge in [0.05, 0.1) is 18.3 Å². The van der Waals surface area contributed by atoms with E-state index < -0.39 is 5.69 Å². The van der Waals surface area contributed by atoms with Crippen LogP contribution in [0.25, 0.3) is 11.7 Å². The van der Waals surface area contributed by atoms with Crippen LogP contribution >= 0.6 is 11.6 Å². The van der Waals surface area contributed by atoms with E-state index in [1.807, 2.05) is 25.1 Å². The second kappa shape index (κ2) is 8.11. The largest absolute Gasteiger partial charge is 0.493 e. The van der Waals surface area contributed by atoms with Crippen LogP contribution in [0.4, 0.5) is 5.82 Å². The molecular formula is C22H19ClN8O2. The lowest BCUT2D eigenvalue weighted by molar-refractivity contribution is 0.454. The number of aromatic amines is 2. The molecule has 166 valence electrons. The number of benzene rings is 1. The van der Waals surface area contributed by atoms with Crippen molar-refractivity contribution in [3.8, 4) is 11.9 Å². The number of aromatic hydroxyl groups is 1. The summed E-state index contributed by atoms with van der Waals surface area (Å²) in [5.74, 6) is 0.0719. The summed E-state index contributed by atoms with van der Waals surface area (Å²) in [5.41, 5.74) is 1.73. The van der Waals surface area contributed by atoms with Gasteiger partial charge in [0.1, 0.15) is 17.3 Å². The van der Waals surface area contributed by atoms with Crippen LogP contribution < -0.4 is 21.7 Å². The Morgan fingerprint density at radius 2 is 2.24 bits per heavy atom. The monoisotopic (exact) mass is 462 g/mol. The summed E-state index contributed by atoms with van der Waals surface area (Å²) in [5, 5.41) is 28.7. The number of hydrogen-bond donors (Lipinski definition) is 4. The van der Waals surface area contributed by atoms with Crippen molar-refractivity contribution in [2.45, 2.75) is 31.8 Å². The molecule has 3 heterocycles. The highest BCUT2D eigenvalue weighted by Gasteiger charge is 2.23. The Hall–Kier alpha value is -4.10. The minimum Gasteiger partial charge on any atom is -0.493 e. The number of nitrogens with one attached hydrogen (secondary N) is 3. The predicted octanol–water partition coefficient (Wildman–Crippen LogP) is 1.76. The SMILES string of the molecule is C[C@H](Nc1nc2/c(=C\c3[nH]c(=O)[nH]c3O)cnn2c(=NC2CC2)c1C#N)c1cccc(Cl)c1. The molecular weight excluding hydrogens is 444 g/mol. The third-order valence-electron chi connectivity index (χ3n) is 5.35. The van der Waals surface area contributed by atoms with E-state index >= 15 is 0 Å². The van der Waals surface area contributed by atoms with Crippen LogP contribution in [0.5, 0.6) is 5.88 Å². The molecule has 1 aliphatic carbocycles. The van der Waals surface area contributed by atoms with Gasteiger partial charge in [-0.15, -0.1) is 0 Å². The summed E-state index contributed by atoms with van der Waals surface area (Å²) in [6.45, 7) is 1.95. The molecule has 0 radical (unpaired) electrons. The predicted molar refractivity (Wildman–Crippen MR) is 122 cm³/mol. The number of hydrogen-bond acceptors (Lipinski definition) is 7. The molecule has 5 rings (SSSR count). The number of halogens is 1. The molecule has 4 aromatic rings. The van der Waals surface area contributed by atoms with Crippen molar-refractivity contribution < 1.29 is 5.11 Å². The number of anilines is 1. The van der Waals surface area contributed by atoms with Crippen molar-refractivity contribution in [3.05, 3.63) is 73.5 Å². The molecule has 3 aromatic heterocycles. The van der Waals surface area contributed by atoms with E-state index in [0.717, 1.165) is 18.4 Å². The van der Waals surface area contributed by atoms with Gasteiger partial charge in [-0.05, 0) is 43.5 Å². The molecule has 33 heavy (non-hydrogen) atoms. The van der Waals surface area contributed by atoms with Gasteiger partial charge in [0.15, 0.2) is 17.0 Å². The number of nitrogens with zero attached hydrogens (tertiary/aromatic N) is 5. The van der Waals surface area contributed by atoms with E-state index in [1.54, 1.807) is 18.3 Å². The van der Waals surface area contributed by atoms with Crippen LogP contribution in [-0.2, 0) is 0 Å². The fraction of sp³-hybridized carbons (Fsp3) is 0.227. The number of fused-ring (bicyclic) bond motifs is 1. The molecule has 10 nitrogen and oxygen atoms in total. The maximum absolute atomic E-state index is 11.5. The average Bonchev–Trinajstić information content (AvgIpc) is 3.43. The first-order chi connectivity index (χ1) is 15.9. The highest BCUT2D eigenvalue weighted by Crippen LogP contribution is 2.24. The van der Waals surface area contributed by atoms with Gasteiger partial charge in [0.25, 0.3) is 0 Å². The van der Waals surface area contributed by atoms with E-state index in [-0.39, 0.29) is 29.2 Å². The first-order valence-electron chi connectivity index (χ1n) is 10.3. The summed E-state index contributed by atoms with van der Waals surface area (Å²) < 4.78 is 1.51. The summed E-state index contributed by atoms with van der Waals surface area (Å²) in [4.78, 5) is 25.7. The third kappa shape index (κ3) is 4.06. The zero-order valence-electron chi connectivity index (χ0n) is 17.5. The summed E-state index contributed by atoms with van der Waals surface area (Å²) >= 11 is 6.14. The smallest absolute Gasteiger partial charge is 0.326 e. The molecule has 1 aliphatic rings. The molecule has 0 bridgehead atoms. The molecule has 4 N–H and O–H groups in total. The van der Waals surface area contributed by atoms with E-state index in [0.29, 0.717) is 27.2 Å². The first-order valence-corrected chi connectivity index (χ1v) is 10.7. The van der Waals surface area contributed by atoms with Crippen LogP contribution in [0.3, 0.4) is 0 Å². The second-order valence-corrected chi connectivity index (χ2v) is 8.31. The molecule has 0 saturated heterocycles. The van der Waals surface area contributed by atoms with Crippen molar-refractivity contribution in [2.24, 2.45) is 4.99 Å². The number of rotatable bonds is 5. The Morgan fingerprint density at radius 1 is 1.42 bits per heavy atom. The van der Waals surface area contributed by atoms with Gasteiger partial charge >= 0.3 is 5.69 Å². The second-order valence-electron chi connectivity index (χ2n) is 7.87. The normalized spacial score (nSPS) is 15.7. The molecule has 0 amide bonds. The lowest BCUT2D eigenvalue weighted by Gasteiger charge is -2.16. The van der Waals surface area contributed by atoms with Crippen molar-refractivity contribution >= 4 is 29.1 Å². The van der Waals surface area contributed by atoms with Crippen molar-refractivity contribution in [1.82, 2.24) is 24.6 Å². The standard InChI is InChI=1S/C22H19ClN8O2/c1-11(12-3-2-4-14(23)7-12)26-18-16(9-24)20(27-15-5-6-15)31-19(29-18)13(10-25-31)8-17-21(32)30-22(33)28-17/h2-4,7-8,10-11,15,26,32H,5-6H2,1H3,(H2,28,30,33)/b13-8-,27-20?/t11-/m0/s1. The third-order valence-corrected chi connectivity index (χ3v) is 5.59. The molecule has 1 saturated carbocycles. The van der Waals surface area contributed by atoms with Gasteiger partial charge in [-0.1, -0.05) is 23.7 Å². The van der Waals surface area contributed by atoms with E-state index in [9.17, 15) is 15.2 Å². The highest BCUT2D eigenvalue weighted by atomic mass is 35.5. The number of H-pyrrole nitrogens is 2. The molecule has 1 atom stereocenters. The Morgan fingerprint density at radius 3 is 2.91 bits per heavy atom. The number of aromatic nitrogens is 5. The zero-order valence-corrected chi connectivity index (χ0v) is 18.3. The van der Waals surface area contributed by atoms with E-state index in [4.69, 9.17) is 16.6 Å². The van der Waals surface area contributed by atoms with E-state index in [1.165, 1.54) is 4.52 Å². The Kier molecular flexibility index (Phi) is 5.11. The number of imidazole rings is 1. The van der Waals surface area contributed by atoms with Crippen molar-refractivity contribution in [3.63, 3.8) is 0 Å². The van der Waals surface area contributed by atoms with Crippen molar-refractivity contribution in [2.75, 3.05) is 5.32 Å². The van der Waals surface area contributed by atoms with Crippen LogP contribution in [0.15, 0.2) is 40.2 Å². The van der Waals surface area contributed by atoms with Gasteiger partial charge in [0, 0.05) is 10.2 Å². The van der Waals surface area contributed by atoms with Crippen molar-refractivity contribution in [1.29, 1.82) is 5.26 Å². The topological polar surface area (TPSA) is 147 Å². The molecule has 1 aromatic carbocycles. The summed E-state index contributed by atoms with van der Waals surface area (Å²) in [6, 6.07) is 9.61. The molecule has 1 fully saturated rings. The molecule has 0 aliphatic heterocycles. The molecule has 0 spiro atoms. The van der Waals surface area contributed by atoms with Gasteiger partial charge in [-0.3, -0.25) is 9.98 Å². The Bertz CT molecular complexity index is 1590. The maximum Gasteiger partial charge on any atom is 0.326 e. The van der Waals surface area contributed by atoms with Gasteiger partial charge in [0.2, 0.25) is 5.88 Å². The lowest BCUT2D eigenvalue weighted by Crippen LogP contribution is -2.25. The Labute approximate surface area is 191 Å². The Balaban J connectivity index is 1.70. The zero-order chi connectivity index (χ0) is 23.1. The quantitative estimate of drug-likeness (QED) is 0.355. The fourth-order valence-corrected chi connectivity index (χ4v) is 3.71. The number of nitriles is 1. The summed E-state index contributed by atoms with van der Waals surface area (Å²) in [6.07, 6.45) is 5.01. The summed E-state index contributed by atoms with van der Waals surface area (Å²) in [7, 11) is 0. The maximum atomic E-state index is 11.5. The van der Waals surface area contributed by atoms with Gasteiger partial charge in [-0.2, -0.15) is 14.9 Å². The fourth-order valence-electron chi connectivity index (χ4n) is 3.51. The van der Waals surface area contributed by atoms with Crippen LogP contribution in [-0.4, -0.2) is 35.7 Å². The van der Waals surface area contributed by atoms with Crippen LogP contribution in [0.1, 0.15) is 42.6 Å². The van der Waals surface area contributed by atoms with Crippen LogP contribution in [0, 0.1) is 11.3 Å². The highest BCUT2D eigenvalue weighted by molar-refractivity contribution is 6.30. The lowest BCUT2D eigenvalue weighted by atomic mass is 10.1. The van der Waals surface area contributed by atoms with Gasteiger partial charge in [-0.25, -0.2) is 9.78 Å². The minimum absolute atomic E-state index is 0.141. The van der Waals surface area contributed by atoms with Crippen LogP contribution in [0.2, 0.25) is 5.02 Å². The minimum atomic E-state index is -0.530. The molecule has 11 heteroatoms. The van der Waals surface area contributed by atoms with E-state index in [2.05, 4.69) is 31.4 Å². The molecule has 0 unspecified atom stereocenters. The first kappa shape index (κ1) is 20.8.